The van der Waals surface area contributed by atoms with E-state index in [2.05, 4.69) is 36.5 Å². The van der Waals surface area contributed by atoms with Crippen molar-refractivity contribution in [3.8, 4) is 0 Å². The first kappa shape index (κ1) is 14.2. The van der Waals surface area contributed by atoms with E-state index in [0.717, 1.165) is 6.54 Å². The second-order valence-electron chi connectivity index (χ2n) is 3.25. The van der Waals surface area contributed by atoms with E-state index >= 15 is 0 Å². The van der Waals surface area contributed by atoms with Gasteiger partial charge in [0.05, 0.1) is 0 Å². The summed E-state index contributed by atoms with van der Waals surface area (Å²) < 4.78 is 0. The highest BCUT2D eigenvalue weighted by molar-refractivity contribution is 5.29. The molecule has 0 spiro atoms. The zero-order valence-electron chi connectivity index (χ0n) is 10.8. The van der Waals surface area contributed by atoms with E-state index in [4.69, 9.17) is 0 Å². The van der Waals surface area contributed by atoms with Crippen LogP contribution in [0, 0.1) is 0 Å². The van der Waals surface area contributed by atoms with Crippen molar-refractivity contribution in [3.05, 3.63) is 35.4 Å². The highest BCUT2D eigenvalue weighted by Gasteiger charge is 2.12. The van der Waals surface area contributed by atoms with E-state index < -0.39 is 0 Å². The molecule has 0 amide bonds. The molecule has 0 unspecified atom stereocenters. The number of benzene rings is 1. The molecule has 1 aliphatic rings. The van der Waals surface area contributed by atoms with Gasteiger partial charge in [0.15, 0.2) is 0 Å². The maximum absolute atomic E-state index is 3.44. The summed E-state index contributed by atoms with van der Waals surface area (Å²) in [6.45, 7) is 11.3. The number of hydrogen-bond acceptors (Lipinski definition) is 1. The summed E-state index contributed by atoms with van der Waals surface area (Å²) in [6.07, 6.45) is 1.18. The molecule has 1 nitrogen and oxygen atoms in total. The zero-order chi connectivity index (χ0) is 11.7. The lowest BCUT2D eigenvalue weighted by molar-refractivity contribution is 0.513. The largest absolute Gasteiger partial charge is 0.310 e. The van der Waals surface area contributed by atoms with Gasteiger partial charge >= 0.3 is 0 Å². The van der Waals surface area contributed by atoms with Crippen LogP contribution in [0.1, 0.15) is 45.7 Å². The van der Waals surface area contributed by atoms with E-state index in [1.807, 2.05) is 27.7 Å². The van der Waals surface area contributed by atoms with Crippen LogP contribution in [0.5, 0.6) is 0 Å². The molecular formula is C14H25N. The molecule has 1 atom stereocenters. The van der Waals surface area contributed by atoms with Gasteiger partial charge in [-0.3, -0.25) is 0 Å². The van der Waals surface area contributed by atoms with E-state index in [0.29, 0.717) is 6.04 Å². The monoisotopic (exact) mass is 207 g/mol. The first-order valence-electron chi connectivity index (χ1n) is 6.16. The Labute approximate surface area is 94.9 Å². The average Bonchev–Trinajstić information content (AvgIpc) is 2.34. The smallest absolute Gasteiger partial charge is 0.0210 e. The molecule has 1 aromatic carbocycles. The maximum atomic E-state index is 3.44. The first-order chi connectivity index (χ1) is 7.36. The van der Waals surface area contributed by atoms with Crippen LogP contribution in [0.15, 0.2) is 24.3 Å². The van der Waals surface area contributed by atoms with Gasteiger partial charge in [-0.25, -0.2) is 0 Å². The molecule has 2 rings (SSSR count). The van der Waals surface area contributed by atoms with Crippen molar-refractivity contribution in [2.24, 2.45) is 0 Å². The van der Waals surface area contributed by atoms with Crippen LogP contribution < -0.4 is 5.32 Å². The van der Waals surface area contributed by atoms with Crippen LogP contribution in [0.3, 0.4) is 0 Å². The molecule has 0 saturated carbocycles. The third kappa shape index (κ3) is 4.48. The highest BCUT2D eigenvalue weighted by atomic mass is 14.9. The van der Waals surface area contributed by atoms with Gasteiger partial charge in [-0.05, 0) is 24.5 Å². The topological polar surface area (TPSA) is 12.0 Å². The molecule has 0 fully saturated rings. The van der Waals surface area contributed by atoms with Gasteiger partial charge in [-0.15, -0.1) is 0 Å². The summed E-state index contributed by atoms with van der Waals surface area (Å²) in [5.74, 6) is 0. The van der Waals surface area contributed by atoms with Crippen LogP contribution in [0.25, 0.3) is 0 Å². The molecule has 1 heteroatoms. The number of hydrogen-bond donors (Lipinski definition) is 1. The Bertz CT molecular complexity index is 255. The minimum absolute atomic E-state index is 0.643. The van der Waals surface area contributed by atoms with Gasteiger partial charge in [-0.1, -0.05) is 52.0 Å². The molecule has 1 heterocycles. The molecule has 1 aliphatic heterocycles. The van der Waals surface area contributed by atoms with Crippen molar-refractivity contribution in [2.75, 3.05) is 0 Å². The second-order valence-corrected chi connectivity index (χ2v) is 3.25. The Morgan fingerprint density at radius 3 is 2.13 bits per heavy atom. The minimum Gasteiger partial charge on any atom is -0.310 e. The van der Waals surface area contributed by atoms with E-state index in [1.165, 1.54) is 17.5 Å². The standard InChI is InChI=1S/C10H13N.2C2H6/c1-8-6-9-4-2-3-5-10(9)7-11-8;2*1-2/h2-5,8,11H,6-7H2,1H3;2*1-2H3/t8-;;/m1../s1. The average molecular weight is 207 g/mol. The summed E-state index contributed by atoms with van der Waals surface area (Å²) in [7, 11) is 0. The molecule has 0 radical (unpaired) electrons. The highest BCUT2D eigenvalue weighted by Crippen LogP contribution is 2.15. The molecule has 1 aromatic rings. The number of rotatable bonds is 0. The van der Waals surface area contributed by atoms with Crippen LogP contribution in [-0.4, -0.2) is 6.04 Å². The van der Waals surface area contributed by atoms with Crippen molar-refractivity contribution in [2.45, 2.75) is 53.6 Å². The molecule has 0 aliphatic carbocycles. The summed E-state index contributed by atoms with van der Waals surface area (Å²) >= 11 is 0. The number of nitrogens with one attached hydrogen (secondary N) is 1. The van der Waals surface area contributed by atoms with Gasteiger partial charge in [0.2, 0.25) is 0 Å². The Balaban J connectivity index is 0.000000442. The Hall–Kier alpha value is -0.820. The fourth-order valence-electron chi connectivity index (χ4n) is 1.62. The lowest BCUT2D eigenvalue weighted by atomic mass is 9.97. The molecule has 1 N–H and O–H groups in total. The quantitative estimate of drug-likeness (QED) is 0.683. The van der Waals surface area contributed by atoms with E-state index in [9.17, 15) is 0 Å². The number of fused-ring (bicyclic) bond motifs is 1. The van der Waals surface area contributed by atoms with Crippen LogP contribution >= 0.6 is 0 Å². The van der Waals surface area contributed by atoms with E-state index in [-0.39, 0.29) is 0 Å². The molecule has 15 heavy (non-hydrogen) atoms. The zero-order valence-corrected chi connectivity index (χ0v) is 10.8. The summed E-state index contributed by atoms with van der Waals surface area (Å²) in [5, 5.41) is 3.44. The van der Waals surface area contributed by atoms with Gasteiger partial charge in [-0.2, -0.15) is 0 Å². The Kier molecular flexibility index (Phi) is 8.02. The normalized spacial score (nSPS) is 17.5. The third-order valence-electron chi connectivity index (χ3n) is 2.29. The summed E-state index contributed by atoms with van der Waals surface area (Å²) in [5.41, 5.74) is 2.98. The molecule has 0 bridgehead atoms. The van der Waals surface area contributed by atoms with Gasteiger partial charge in [0.1, 0.15) is 0 Å². The second kappa shape index (κ2) is 8.49. The van der Waals surface area contributed by atoms with Crippen LogP contribution in [0.2, 0.25) is 0 Å². The lowest BCUT2D eigenvalue weighted by Crippen LogP contribution is -2.32. The summed E-state index contributed by atoms with van der Waals surface area (Å²) in [6, 6.07) is 9.30. The van der Waals surface area contributed by atoms with Gasteiger partial charge in [0, 0.05) is 12.6 Å². The first-order valence-corrected chi connectivity index (χ1v) is 6.16. The Morgan fingerprint density at radius 2 is 1.53 bits per heavy atom. The van der Waals surface area contributed by atoms with Gasteiger partial charge in [0.25, 0.3) is 0 Å². The van der Waals surface area contributed by atoms with Crippen LogP contribution in [0.4, 0.5) is 0 Å². The minimum atomic E-state index is 0.643. The Morgan fingerprint density at radius 1 is 1.00 bits per heavy atom. The predicted octanol–water partition coefficient (Wildman–Crippen LogP) is 3.77. The SMILES string of the molecule is CC.CC.C[C@@H]1Cc2ccccc2CN1. The van der Waals surface area contributed by atoms with Gasteiger partial charge < -0.3 is 5.32 Å². The van der Waals surface area contributed by atoms with Crippen molar-refractivity contribution in [1.29, 1.82) is 0 Å². The fourth-order valence-corrected chi connectivity index (χ4v) is 1.62. The van der Waals surface area contributed by atoms with Crippen molar-refractivity contribution < 1.29 is 0 Å². The maximum Gasteiger partial charge on any atom is 0.0210 e. The van der Waals surface area contributed by atoms with E-state index in [1.54, 1.807) is 0 Å². The summed E-state index contributed by atoms with van der Waals surface area (Å²) in [4.78, 5) is 0. The predicted molar refractivity (Wildman–Crippen MR) is 69.1 cm³/mol. The fraction of sp³-hybridized carbons (Fsp3) is 0.571. The van der Waals surface area contributed by atoms with Crippen molar-refractivity contribution >= 4 is 0 Å². The molecular weight excluding hydrogens is 182 g/mol. The van der Waals surface area contributed by atoms with Crippen molar-refractivity contribution in [3.63, 3.8) is 0 Å². The van der Waals surface area contributed by atoms with Crippen LogP contribution in [-0.2, 0) is 13.0 Å². The third-order valence-corrected chi connectivity index (χ3v) is 2.29. The molecule has 0 aromatic heterocycles. The molecule has 0 saturated heterocycles. The van der Waals surface area contributed by atoms with Crippen molar-refractivity contribution in [1.82, 2.24) is 5.32 Å². The lowest BCUT2D eigenvalue weighted by Gasteiger charge is -2.22. The molecule has 86 valence electrons.